The average molecular weight is 623 g/mol. The number of hydrogen-bond acceptors (Lipinski definition) is 8. The Morgan fingerprint density at radius 2 is 1.46 bits per heavy atom. The lowest BCUT2D eigenvalue weighted by Crippen LogP contribution is -2.48. The minimum Gasteiger partial charge on any atom is -0.462 e. The number of rotatable bonds is 6. The number of piperidine rings is 1. The first kappa shape index (κ1) is 27.9. The maximum atomic E-state index is 13.7. The van der Waals surface area contributed by atoms with E-state index in [-0.39, 0.29) is 48.1 Å². The van der Waals surface area contributed by atoms with E-state index in [1.807, 2.05) is 36.2 Å². The summed E-state index contributed by atoms with van der Waals surface area (Å²) in [5.74, 6) is 0.383. The van der Waals surface area contributed by atoms with Gasteiger partial charge < -0.3 is 24.1 Å². The molecule has 4 heterocycles. The van der Waals surface area contributed by atoms with Crippen molar-refractivity contribution in [1.29, 1.82) is 0 Å². The number of morpholine rings is 1. The monoisotopic (exact) mass is 621 g/mol. The number of likely N-dealkylation sites (N-methyl/N-ethyl adjacent to an activating group) is 1. The number of benzene rings is 3. The van der Waals surface area contributed by atoms with Crippen molar-refractivity contribution in [2.75, 3.05) is 19.5 Å². The summed E-state index contributed by atoms with van der Waals surface area (Å²) in [6.45, 7) is -0.275. The van der Waals surface area contributed by atoms with Crippen LogP contribution in [0.25, 0.3) is 0 Å². The standard InChI is InChI=1S/C31H29NO7.CH3Br/c1-32-23-15-19(16-24(32)28-27(23)39-28)37-29(33)20(18-9-3-2-4-10-18)17-36-30(34)31(35)21-11-5-7-13-25(21)38-26-14-8-6-12-22(26)31;1-2/h2-14,19-20,23-24,27-28,35H,15-17H2,1H3;1H3/t19?,20?,23?,24?,27-,28+;. The first-order valence-corrected chi connectivity index (χ1v) is 15.3. The molecule has 0 aromatic heterocycles. The summed E-state index contributed by atoms with van der Waals surface area (Å²) in [4.78, 5) is 29.5. The molecular formula is C32H32BrNO7. The lowest BCUT2D eigenvalue weighted by Gasteiger charge is -2.38. The molecule has 7 rings (SSSR count). The van der Waals surface area contributed by atoms with Gasteiger partial charge in [-0.1, -0.05) is 82.7 Å². The van der Waals surface area contributed by atoms with Gasteiger partial charge in [-0.25, -0.2) is 4.79 Å². The van der Waals surface area contributed by atoms with Gasteiger partial charge >= 0.3 is 11.9 Å². The van der Waals surface area contributed by atoms with Crippen LogP contribution in [0.1, 0.15) is 35.4 Å². The number of nitrogens with zero attached hydrogens (tertiary/aromatic N) is 1. The predicted octanol–water partition coefficient (Wildman–Crippen LogP) is 4.52. The third-order valence-corrected chi connectivity index (χ3v) is 8.59. The molecule has 4 unspecified atom stereocenters. The van der Waals surface area contributed by atoms with E-state index in [9.17, 15) is 14.7 Å². The molecule has 4 aliphatic heterocycles. The van der Waals surface area contributed by atoms with Gasteiger partial charge in [0.15, 0.2) is 0 Å². The zero-order valence-corrected chi connectivity index (χ0v) is 24.4. The Morgan fingerprint density at radius 3 is 2.05 bits per heavy atom. The number of hydrogen-bond donors (Lipinski definition) is 1. The highest BCUT2D eigenvalue weighted by molar-refractivity contribution is 9.08. The molecule has 4 aliphatic rings. The van der Waals surface area contributed by atoms with E-state index >= 15 is 0 Å². The van der Waals surface area contributed by atoms with Crippen LogP contribution in [0.5, 0.6) is 11.5 Å². The molecule has 0 saturated carbocycles. The van der Waals surface area contributed by atoms with Crippen molar-refractivity contribution < 1.29 is 33.6 Å². The molecule has 41 heavy (non-hydrogen) atoms. The number of carbonyl (C=O) groups is 2. The number of aliphatic hydroxyl groups is 1. The maximum Gasteiger partial charge on any atom is 0.348 e. The zero-order valence-electron chi connectivity index (χ0n) is 22.8. The Morgan fingerprint density at radius 1 is 0.927 bits per heavy atom. The number of halogens is 1. The number of esters is 2. The molecule has 0 spiro atoms. The van der Waals surface area contributed by atoms with E-state index < -0.39 is 23.5 Å². The largest absolute Gasteiger partial charge is 0.462 e. The fourth-order valence-electron chi connectivity index (χ4n) is 6.48. The quantitative estimate of drug-likeness (QED) is 0.244. The smallest absolute Gasteiger partial charge is 0.348 e. The van der Waals surface area contributed by atoms with Crippen molar-refractivity contribution in [3.8, 4) is 11.5 Å². The Balaban J connectivity index is 0.00000148. The molecule has 214 valence electrons. The molecule has 9 heteroatoms. The number of epoxide rings is 1. The summed E-state index contributed by atoms with van der Waals surface area (Å²) in [5.41, 5.74) is -0.840. The number of alkyl halides is 1. The molecule has 0 radical (unpaired) electrons. The van der Waals surface area contributed by atoms with Crippen LogP contribution in [0, 0.1) is 0 Å². The van der Waals surface area contributed by atoms with Crippen molar-refractivity contribution in [2.24, 2.45) is 0 Å². The fraction of sp³-hybridized carbons (Fsp3) is 0.375. The van der Waals surface area contributed by atoms with E-state index in [2.05, 4.69) is 27.9 Å². The summed E-state index contributed by atoms with van der Waals surface area (Å²) in [5, 5.41) is 11.9. The summed E-state index contributed by atoms with van der Waals surface area (Å²) >= 11 is 2.94. The molecule has 1 N–H and O–H groups in total. The van der Waals surface area contributed by atoms with Crippen molar-refractivity contribution in [3.05, 3.63) is 95.6 Å². The van der Waals surface area contributed by atoms with Gasteiger partial charge in [0.2, 0.25) is 5.60 Å². The van der Waals surface area contributed by atoms with E-state index in [1.54, 1.807) is 48.5 Å². The summed E-state index contributed by atoms with van der Waals surface area (Å²) < 4.78 is 23.5. The third-order valence-electron chi connectivity index (χ3n) is 8.59. The first-order chi connectivity index (χ1) is 19.9. The third kappa shape index (κ3) is 4.84. The number of carbonyl (C=O) groups excluding carboxylic acids is 2. The van der Waals surface area contributed by atoms with Crippen LogP contribution >= 0.6 is 15.9 Å². The van der Waals surface area contributed by atoms with Gasteiger partial charge in [-0.05, 0) is 30.6 Å². The van der Waals surface area contributed by atoms with Crippen molar-refractivity contribution in [1.82, 2.24) is 4.90 Å². The molecule has 2 bridgehead atoms. The highest BCUT2D eigenvalue weighted by atomic mass is 79.9. The van der Waals surface area contributed by atoms with Gasteiger partial charge in [0.25, 0.3) is 0 Å². The predicted molar refractivity (Wildman–Crippen MR) is 154 cm³/mol. The van der Waals surface area contributed by atoms with E-state index in [0.29, 0.717) is 29.9 Å². The summed E-state index contributed by atoms with van der Waals surface area (Å²) in [6, 6.07) is 23.3. The lowest BCUT2D eigenvalue weighted by molar-refractivity contribution is -0.167. The highest BCUT2D eigenvalue weighted by Crippen LogP contribution is 2.49. The van der Waals surface area contributed by atoms with Gasteiger partial charge in [0.05, 0.1) is 0 Å². The molecule has 3 aromatic carbocycles. The van der Waals surface area contributed by atoms with Crippen LogP contribution in [0.4, 0.5) is 0 Å². The second kappa shape index (κ2) is 11.2. The molecule has 3 saturated heterocycles. The molecule has 3 fully saturated rings. The van der Waals surface area contributed by atoms with Crippen LogP contribution in [0.3, 0.4) is 0 Å². The van der Waals surface area contributed by atoms with Gasteiger partial charge in [-0.3, -0.25) is 9.69 Å². The summed E-state index contributed by atoms with van der Waals surface area (Å²) in [6.07, 6.45) is 1.69. The van der Waals surface area contributed by atoms with Crippen LogP contribution < -0.4 is 4.74 Å². The van der Waals surface area contributed by atoms with Crippen LogP contribution in [0.15, 0.2) is 78.9 Å². The van der Waals surface area contributed by atoms with Gasteiger partial charge in [0, 0.05) is 36.1 Å². The highest BCUT2D eigenvalue weighted by Gasteiger charge is 2.63. The second-order valence-electron chi connectivity index (χ2n) is 10.8. The lowest BCUT2D eigenvalue weighted by atomic mass is 9.83. The van der Waals surface area contributed by atoms with E-state index in [0.717, 1.165) is 0 Å². The van der Waals surface area contributed by atoms with Gasteiger partial charge in [0.1, 0.15) is 42.3 Å². The van der Waals surface area contributed by atoms with E-state index in [1.165, 1.54) is 0 Å². The molecule has 0 aliphatic carbocycles. The van der Waals surface area contributed by atoms with Crippen LogP contribution in [-0.4, -0.2) is 71.8 Å². The number of ether oxygens (including phenoxy) is 4. The SMILES string of the molecule is CBr.CN1C2CC(OC(=O)C(COC(=O)C3(O)c4ccccc4Oc4ccccc43)c3ccccc3)CC1[C@@H]1O[C@H]21. The van der Waals surface area contributed by atoms with Gasteiger partial charge in [-0.2, -0.15) is 0 Å². The van der Waals surface area contributed by atoms with Crippen LogP contribution in [-0.2, 0) is 29.4 Å². The van der Waals surface area contributed by atoms with E-state index in [4.69, 9.17) is 18.9 Å². The topological polar surface area (TPSA) is 97.8 Å². The van der Waals surface area contributed by atoms with Crippen molar-refractivity contribution in [3.63, 3.8) is 0 Å². The van der Waals surface area contributed by atoms with Crippen LogP contribution in [0.2, 0.25) is 0 Å². The Labute approximate surface area is 247 Å². The Kier molecular flexibility index (Phi) is 7.63. The first-order valence-electron chi connectivity index (χ1n) is 13.7. The number of fused-ring (bicyclic) bond motifs is 7. The molecule has 8 nitrogen and oxygen atoms in total. The average Bonchev–Trinajstić information content (AvgIpc) is 3.77. The Hall–Kier alpha value is -3.24. The van der Waals surface area contributed by atoms with Crippen molar-refractivity contribution in [2.45, 2.75) is 54.8 Å². The molecule has 0 amide bonds. The fourth-order valence-corrected chi connectivity index (χ4v) is 6.48. The molecular weight excluding hydrogens is 590 g/mol. The van der Waals surface area contributed by atoms with Crippen molar-refractivity contribution >= 4 is 27.9 Å². The normalized spacial score (nSPS) is 27.0. The zero-order chi connectivity index (χ0) is 28.7. The van der Waals surface area contributed by atoms with Gasteiger partial charge in [-0.15, -0.1) is 0 Å². The number of para-hydroxylation sites is 2. The minimum absolute atomic E-state index is 0.222. The molecule has 3 aromatic rings. The Bertz CT molecular complexity index is 1370. The minimum atomic E-state index is -2.09. The molecule has 6 atom stereocenters. The maximum absolute atomic E-state index is 13.7. The second-order valence-corrected chi connectivity index (χ2v) is 10.8. The summed E-state index contributed by atoms with van der Waals surface area (Å²) in [7, 11) is 2.10.